The zero-order valence-corrected chi connectivity index (χ0v) is 11.1. The maximum absolute atomic E-state index is 5.85. The molecule has 6 heteroatoms. The Kier molecular flexibility index (Phi) is 2.52. The van der Waals surface area contributed by atoms with Crippen LogP contribution in [-0.2, 0) is 0 Å². The second-order valence-electron chi connectivity index (χ2n) is 4.62. The topological polar surface area (TPSA) is 43.1 Å². The van der Waals surface area contributed by atoms with Gasteiger partial charge in [0.05, 0.1) is 5.69 Å². The highest BCUT2D eigenvalue weighted by molar-refractivity contribution is 6.43. The molecule has 2 heterocycles. The van der Waals surface area contributed by atoms with Crippen LogP contribution in [0.5, 0.6) is 0 Å². The van der Waals surface area contributed by atoms with Gasteiger partial charge in [-0.15, -0.1) is 0 Å². The van der Waals surface area contributed by atoms with E-state index in [1.165, 1.54) is 0 Å². The molecule has 0 bridgehead atoms. The van der Waals surface area contributed by atoms with Crippen molar-refractivity contribution in [3.63, 3.8) is 0 Å². The lowest BCUT2D eigenvalue weighted by molar-refractivity contribution is 0.731. The monoisotopic (exact) mass is 270 g/mol. The molecule has 2 unspecified atom stereocenters. The summed E-state index contributed by atoms with van der Waals surface area (Å²) in [5.41, 5.74) is 1.69. The zero-order valence-electron chi connectivity index (χ0n) is 9.56. The van der Waals surface area contributed by atoms with E-state index in [2.05, 4.69) is 22.0 Å². The maximum Gasteiger partial charge on any atom is 0.167 e. The van der Waals surface area contributed by atoms with Crippen molar-refractivity contribution in [2.75, 3.05) is 0 Å². The Morgan fingerprint density at radius 3 is 2.71 bits per heavy atom. The molecule has 1 aliphatic rings. The van der Waals surface area contributed by atoms with Crippen LogP contribution in [-0.4, -0.2) is 19.6 Å². The van der Waals surface area contributed by atoms with E-state index in [4.69, 9.17) is 23.2 Å². The minimum Gasteiger partial charge on any atom is -0.215 e. The van der Waals surface area contributed by atoms with E-state index < -0.39 is 4.84 Å². The van der Waals surface area contributed by atoms with Crippen LogP contribution < -0.4 is 0 Å². The number of fused-ring (bicyclic) bond motifs is 1. The zero-order chi connectivity index (χ0) is 12.2. The van der Waals surface area contributed by atoms with Gasteiger partial charge >= 0.3 is 0 Å². The smallest absolute Gasteiger partial charge is 0.167 e. The molecule has 2 atom stereocenters. The van der Waals surface area contributed by atoms with Crippen LogP contribution in [0.3, 0.4) is 0 Å². The Morgan fingerprint density at radius 1 is 1.41 bits per heavy atom. The SMILES string of the molecule is Cc1cc2nc(C(Cl)Cl)nc(C3CC3C)n2n1. The lowest BCUT2D eigenvalue weighted by Gasteiger charge is -2.06. The molecule has 1 fully saturated rings. The van der Waals surface area contributed by atoms with Crippen molar-refractivity contribution in [1.82, 2.24) is 19.6 Å². The molecule has 17 heavy (non-hydrogen) atoms. The molecule has 2 aromatic heterocycles. The summed E-state index contributed by atoms with van der Waals surface area (Å²) in [6, 6.07) is 1.91. The summed E-state index contributed by atoms with van der Waals surface area (Å²) in [6.45, 7) is 4.14. The summed E-state index contributed by atoms with van der Waals surface area (Å²) in [7, 11) is 0. The molecule has 0 spiro atoms. The minimum absolute atomic E-state index is 0.450. The van der Waals surface area contributed by atoms with Gasteiger partial charge in [-0.25, -0.2) is 14.5 Å². The van der Waals surface area contributed by atoms with Gasteiger partial charge < -0.3 is 0 Å². The average Bonchev–Trinajstić information content (AvgIpc) is 2.85. The summed E-state index contributed by atoms with van der Waals surface area (Å²) in [5.74, 6) is 2.49. The fraction of sp³-hybridized carbons (Fsp3) is 0.545. The quantitative estimate of drug-likeness (QED) is 0.788. The summed E-state index contributed by atoms with van der Waals surface area (Å²) >= 11 is 11.7. The van der Waals surface area contributed by atoms with E-state index in [1.54, 1.807) is 0 Å². The van der Waals surface area contributed by atoms with E-state index in [1.807, 2.05) is 17.5 Å². The number of aromatic nitrogens is 4. The van der Waals surface area contributed by atoms with Gasteiger partial charge in [0.15, 0.2) is 16.3 Å². The lowest BCUT2D eigenvalue weighted by Crippen LogP contribution is -2.07. The van der Waals surface area contributed by atoms with Gasteiger partial charge in [-0.2, -0.15) is 5.10 Å². The van der Waals surface area contributed by atoms with E-state index in [9.17, 15) is 0 Å². The maximum atomic E-state index is 5.85. The number of hydrogen-bond donors (Lipinski definition) is 0. The van der Waals surface area contributed by atoms with E-state index >= 15 is 0 Å². The molecule has 0 saturated heterocycles. The number of hydrogen-bond acceptors (Lipinski definition) is 3. The molecule has 0 aliphatic heterocycles. The van der Waals surface area contributed by atoms with Crippen LogP contribution in [0.2, 0.25) is 0 Å². The van der Waals surface area contributed by atoms with Gasteiger partial charge in [0.2, 0.25) is 0 Å². The molecule has 1 aliphatic carbocycles. The first-order chi connectivity index (χ1) is 8.06. The van der Waals surface area contributed by atoms with Crippen LogP contribution in [0.15, 0.2) is 6.07 Å². The van der Waals surface area contributed by atoms with E-state index in [-0.39, 0.29) is 0 Å². The van der Waals surface area contributed by atoms with Crippen LogP contribution in [0.25, 0.3) is 5.65 Å². The molecule has 3 rings (SSSR count). The van der Waals surface area contributed by atoms with Crippen LogP contribution in [0.4, 0.5) is 0 Å². The highest BCUT2D eigenvalue weighted by Crippen LogP contribution is 2.46. The normalized spacial score (nSPS) is 23.6. The van der Waals surface area contributed by atoms with Crippen molar-refractivity contribution in [3.05, 3.63) is 23.4 Å². The molecule has 0 aromatic carbocycles. The summed E-state index contributed by atoms with van der Waals surface area (Å²) in [4.78, 5) is 8.08. The van der Waals surface area contributed by atoms with Gasteiger partial charge in [0, 0.05) is 12.0 Å². The first-order valence-electron chi connectivity index (χ1n) is 5.58. The summed E-state index contributed by atoms with van der Waals surface area (Å²) in [5, 5.41) is 4.41. The van der Waals surface area contributed by atoms with Crippen molar-refractivity contribution >= 4 is 28.8 Å². The Bertz CT molecular complexity index is 578. The second-order valence-corrected chi connectivity index (χ2v) is 5.71. The van der Waals surface area contributed by atoms with Crippen molar-refractivity contribution in [2.45, 2.75) is 31.0 Å². The van der Waals surface area contributed by atoms with Crippen molar-refractivity contribution in [2.24, 2.45) is 5.92 Å². The van der Waals surface area contributed by atoms with Crippen LogP contribution in [0.1, 0.15) is 41.4 Å². The third-order valence-corrected chi connectivity index (χ3v) is 3.51. The third-order valence-electron chi connectivity index (χ3n) is 3.12. The molecular formula is C11H12Cl2N4. The number of aryl methyl sites for hydroxylation is 1. The predicted octanol–water partition coefficient (Wildman–Crippen LogP) is 3.03. The lowest BCUT2D eigenvalue weighted by atomic mass is 10.3. The molecule has 4 nitrogen and oxygen atoms in total. The molecule has 0 radical (unpaired) electrons. The fourth-order valence-corrected chi connectivity index (χ4v) is 2.26. The number of nitrogens with zero attached hydrogens (tertiary/aromatic N) is 4. The highest BCUT2D eigenvalue weighted by atomic mass is 35.5. The van der Waals surface area contributed by atoms with E-state index in [0.717, 1.165) is 23.6 Å². The van der Waals surface area contributed by atoms with Crippen molar-refractivity contribution in [1.29, 1.82) is 0 Å². The Morgan fingerprint density at radius 2 is 2.12 bits per heavy atom. The van der Waals surface area contributed by atoms with Gasteiger partial charge in [-0.05, 0) is 19.3 Å². The Hall–Kier alpha value is -0.870. The molecule has 2 aromatic rings. The number of halogens is 2. The Labute approximate surface area is 109 Å². The molecule has 0 amide bonds. The minimum atomic E-state index is -0.692. The third kappa shape index (κ3) is 1.89. The standard InChI is InChI=1S/C11H12Cl2N4/c1-5-3-7(5)11-15-10(9(12)13)14-8-4-6(2)16-17(8)11/h4-5,7,9H,3H2,1-2H3. The average molecular weight is 271 g/mol. The first-order valence-corrected chi connectivity index (χ1v) is 6.46. The van der Waals surface area contributed by atoms with Gasteiger partial charge in [-0.3, -0.25) is 0 Å². The number of alkyl halides is 2. The van der Waals surface area contributed by atoms with Crippen LogP contribution >= 0.6 is 23.2 Å². The highest BCUT2D eigenvalue weighted by Gasteiger charge is 2.38. The largest absolute Gasteiger partial charge is 0.215 e. The first kappa shape index (κ1) is 11.2. The van der Waals surface area contributed by atoms with Gasteiger partial charge in [0.1, 0.15) is 5.82 Å². The van der Waals surface area contributed by atoms with E-state index in [0.29, 0.717) is 17.7 Å². The predicted molar refractivity (Wildman–Crippen MR) is 66.5 cm³/mol. The van der Waals surface area contributed by atoms with Crippen molar-refractivity contribution < 1.29 is 0 Å². The summed E-state index contributed by atoms with van der Waals surface area (Å²) < 4.78 is 1.81. The fourth-order valence-electron chi connectivity index (χ4n) is 2.06. The van der Waals surface area contributed by atoms with Gasteiger partial charge in [0.25, 0.3) is 0 Å². The summed E-state index contributed by atoms with van der Waals surface area (Å²) in [6.07, 6.45) is 1.14. The second kappa shape index (κ2) is 3.82. The van der Waals surface area contributed by atoms with Crippen molar-refractivity contribution in [3.8, 4) is 0 Å². The van der Waals surface area contributed by atoms with Gasteiger partial charge in [-0.1, -0.05) is 30.1 Å². The molecule has 0 N–H and O–H groups in total. The molecular weight excluding hydrogens is 259 g/mol. The van der Waals surface area contributed by atoms with Crippen LogP contribution in [0, 0.1) is 12.8 Å². The number of rotatable bonds is 2. The molecule has 90 valence electrons. The Balaban J connectivity index is 2.22. The molecule has 1 saturated carbocycles.